The minimum Gasteiger partial charge on any atom is -0.507 e. The molecule has 0 saturated carbocycles. The normalized spacial score (nSPS) is 22.3. The first-order valence-electron chi connectivity index (χ1n) is 13.7. The number of aliphatic hydroxyl groups is 1. The number of hydrogen-bond acceptors (Lipinski definition) is 7. The van der Waals surface area contributed by atoms with Crippen molar-refractivity contribution in [1.29, 1.82) is 0 Å². The molecule has 3 aromatic carbocycles. The minimum atomic E-state index is -0.760. The molecule has 8 nitrogen and oxygen atoms in total. The van der Waals surface area contributed by atoms with E-state index >= 15 is 0 Å². The highest BCUT2D eigenvalue weighted by molar-refractivity contribution is 6.46. The number of likely N-dealkylation sites (tertiary alicyclic amines) is 1. The van der Waals surface area contributed by atoms with Gasteiger partial charge < -0.3 is 24.2 Å². The third-order valence-corrected chi connectivity index (χ3v) is 7.62. The van der Waals surface area contributed by atoms with Crippen molar-refractivity contribution < 1.29 is 28.9 Å². The van der Waals surface area contributed by atoms with Gasteiger partial charge in [0.2, 0.25) is 0 Å². The van der Waals surface area contributed by atoms with Crippen molar-refractivity contribution in [2.75, 3.05) is 39.4 Å². The molecule has 0 radical (unpaired) electrons. The number of carbonyl (C=O) groups excluding carboxylic acids is 2. The summed E-state index contributed by atoms with van der Waals surface area (Å²) in [5, 5.41) is 11.6. The smallest absolute Gasteiger partial charge is 0.295 e. The number of morpholine rings is 1. The number of nitrogens with zero attached hydrogens (tertiary/aromatic N) is 2. The van der Waals surface area contributed by atoms with Crippen LogP contribution in [0.3, 0.4) is 0 Å². The first-order chi connectivity index (χ1) is 19.5. The number of aliphatic hydroxyl groups excluding tert-OH is 1. The third-order valence-electron chi connectivity index (χ3n) is 7.62. The van der Waals surface area contributed by atoms with E-state index in [0.717, 1.165) is 24.4 Å². The Morgan fingerprint density at radius 3 is 2.52 bits per heavy atom. The molecule has 206 valence electrons. The predicted octanol–water partition coefficient (Wildman–Crippen LogP) is 4.56. The fraction of sp³-hybridized carbons (Fsp3) is 0.312. The summed E-state index contributed by atoms with van der Waals surface area (Å²) in [4.78, 5) is 30.8. The number of carbonyl (C=O) groups is 2. The second-order valence-electron chi connectivity index (χ2n) is 10.4. The van der Waals surface area contributed by atoms with Gasteiger partial charge in [-0.25, -0.2) is 0 Å². The standard InChI is InChI=1S/C32H32N2O6/c1-21-18-24-19-23(10-11-27(24)39-21)30(35)28-29(22-6-5-9-26(20-22)40-25-7-3-2-4-8-25)34(32(37)31(28)36)13-12-33-14-16-38-17-15-33/h2-11,19-21,29,35H,12-18H2,1H3/t21-,29-/m0/s1. The molecular formula is C32H32N2O6. The highest BCUT2D eigenvalue weighted by atomic mass is 16.5. The van der Waals surface area contributed by atoms with E-state index in [2.05, 4.69) is 4.90 Å². The van der Waals surface area contributed by atoms with E-state index in [4.69, 9.17) is 14.2 Å². The van der Waals surface area contributed by atoms with Gasteiger partial charge in [-0.05, 0) is 60.5 Å². The monoisotopic (exact) mass is 540 g/mol. The van der Waals surface area contributed by atoms with Crippen molar-refractivity contribution in [3.05, 3.63) is 95.1 Å². The van der Waals surface area contributed by atoms with Gasteiger partial charge in [-0.1, -0.05) is 30.3 Å². The van der Waals surface area contributed by atoms with Gasteiger partial charge >= 0.3 is 0 Å². The minimum absolute atomic E-state index is 0.0468. The Kier molecular flexibility index (Phi) is 7.28. The lowest BCUT2D eigenvalue weighted by Crippen LogP contribution is -2.42. The summed E-state index contributed by atoms with van der Waals surface area (Å²) in [6, 6.07) is 21.4. The molecule has 1 amide bonds. The molecule has 40 heavy (non-hydrogen) atoms. The summed E-state index contributed by atoms with van der Waals surface area (Å²) in [6.45, 7) is 5.75. The maximum Gasteiger partial charge on any atom is 0.295 e. The van der Waals surface area contributed by atoms with E-state index in [0.29, 0.717) is 55.4 Å². The number of amides is 1. The molecule has 8 heteroatoms. The zero-order valence-electron chi connectivity index (χ0n) is 22.4. The fourth-order valence-corrected chi connectivity index (χ4v) is 5.63. The molecule has 3 heterocycles. The van der Waals surface area contributed by atoms with Crippen LogP contribution in [-0.2, 0) is 20.7 Å². The zero-order valence-corrected chi connectivity index (χ0v) is 22.4. The molecule has 2 saturated heterocycles. The van der Waals surface area contributed by atoms with Crippen LogP contribution in [0.15, 0.2) is 78.4 Å². The van der Waals surface area contributed by atoms with E-state index in [1.807, 2.05) is 73.7 Å². The summed E-state index contributed by atoms with van der Waals surface area (Å²) in [6.07, 6.45) is 0.762. The molecule has 0 bridgehead atoms. The molecule has 0 aliphatic carbocycles. The Bertz CT molecular complexity index is 1450. The van der Waals surface area contributed by atoms with Gasteiger partial charge in [0.05, 0.1) is 24.8 Å². The van der Waals surface area contributed by atoms with Crippen LogP contribution >= 0.6 is 0 Å². The van der Waals surface area contributed by atoms with Crippen molar-refractivity contribution in [1.82, 2.24) is 9.80 Å². The Balaban J connectivity index is 1.38. The van der Waals surface area contributed by atoms with Crippen LogP contribution in [-0.4, -0.2) is 72.1 Å². The number of benzene rings is 3. The molecule has 6 rings (SSSR count). The molecule has 3 aliphatic heterocycles. The quantitative estimate of drug-likeness (QED) is 0.267. The summed E-state index contributed by atoms with van der Waals surface area (Å²) in [5.41, 5.74) is 2.22. The SMILES string of the molecule is C[C@H]1Cc2cc(C(O)=C3C(=O)C(=O)N(CCN4CCOCC4)[C@H]3c3cccc(Oc4ccccc4)c3)ccc2O1. The topological polar surface area (TPSA) is 88.5 Å². The Morgan fingerprint density at radius 2 is 1.73 bits per heavy atom. The highest BCUT2D eigenvalue weighted by Crippen LogP contribution is 2.41. The van der Waals surface area contributed by atoms with Crippen molar-refractivity contribution in [2.45, 2.75) is 25.5 Å². The van der Waals surface area contributed by atoms with Crippen molar-refractivity contribution >= 4 is 17.4 Å². The Hall–Kier alpha value is -4.14. The zero-order chi connectivity index (χ0) is 27.6. The fourth-order valence-electron chi connectivity index (χ4n) is 5.63. The van der Waals surface area contributed by atoms with Crippen LogP contribution in [0.5, 0.6) is 17.2 Å². The molecule has 0 aromatic heterocycles. The predicted molar refractivity (Wildman–Crippen MR) is 149 cm³/mol. The molecule has 1 N–H and O–H groups in total. The van der Waals surface area contributed by atoms with Gasteiger partial charge in [-0.3, -0.25) is 14.5 Å². The number of ether oxygens (including phenoxy) is 3. The Morgan fingerprint density at radius 1 is 0.950 bits per heavy atom. The first-order valence-corrected chi connectivity index (χ1v) is 13.7. The molecule has 2 fully saturated rings. The van der Waals surface area contributed by atoms with E-state index in [1.54, 1.807) is 11.0 Å². The van der Waals surface area contributed by atoms with Crippen LogP contribution in [0.1, 0.15) is 29.7 Å². The largest absolute Gasteiger partial charge is 0.507 e. The van der Waals surface area contributed by atoms with Gasteiger partial charge in [0, 0.05) is 38.2 Å². The van der Waals surface area contributed by atoms with Crippen LogP contribution in [0.4, 0.5) is 0 Å². The number of para-hydroxylation sites is 1. The second-order valence-corrected chi connectivity index (χ2v) is 10.4. The van der Waals surface area contributed by atoms with Crippen LogP contribution < -0.4 is 9.47 Å². The molecule has 0 unspecified atom stereocenters. The molecule has 3 aromatic rings. The second kappa shape index (κ2) is 11.2. The maximum atomic E-state index is 13.5. The number of rotatable bonds is 7. The molecule has 0 spiro atoms. The van der Waals surface area contributed by atoms with Crippen LogP contribution in [0.25, 0.3) is 5.76 Å². The number of hydrogen-bond donors (Lipinski definition) is 1. The van der Waals surface area contributed by atoms with E-state index < -0.39 is 17.7 Å². The summed E-state index contributed by atoms with van der Waals surface area (Å²) >= 11 is 0. The van der Waals surface area contributed by atoms with Gasteiger partial charge in [0.1, 0.15) is 29.1 Å². The first kappa shape index (κ1) is 26.1. The van der Waals surface area contributed by atoms with Crippen molar-refractivity contribution in [3.8, 4) is 17.2 Å². The van der Waals surface area contributed by atoms with Gasteiger partial charge in [0.25, 0.3) is 11.7 Å². The van der Waals surface area contributed by atoms with Gasteiger partial charge in [-0.15, -0.1) is 0 Å². The lowest BCUT2D eigenvalue weighted by molar-refractivity contribution is -0.140. The van der Waals surface area contributed by atoms with E-state index in [1.165, 1.54) is 0 Å². The molecule has 2 atom stereocenters. The summed E-state index contributed by atoms with van der Waals surface area (Å²) in [7, 11) is 0. The van der Waals surface area contributed by atoms with Crippen LogP contribution in [0.2, 0.25) is 0 Å². The van der Waals surface area contributed by atoms with E-state index in [-0.39, 0.29) is 17.4 Å². The van der Waals surface area contributed by atoms with Gasteiger partial charge in [-0.2, -0.15) is 0 Å². The van der Waals surface area contributed by atoms with Crippen molar-refractivity contribution in [3.63, 3.8) is 0 Å². The number of Topliss-reactive ketones (excluding diaryl/α,β-unsaturated/α-hetero) is 1. The average Bonchev–Trinajstić information content (AvgIpc) is 3.47. The summed E-state index contributed by atoms with van der Waals surface area (Å²) in [5.74, 6) is 0.532. The Labute approximate surface area is 233 Å². The maximum absolute atomic E-state index is 13.5. The lowest BCUT2D eigenvalue weighted by atomic mass is 9.94. The van der Waals surface area contributed by atoms with E-state index in [9.17, 15) is 14.7 Å². The number of ketones is 1. The number of fused-ring (bicyclic) bond motifs is 1. The molecular weight excluding hydrogens is 508 g/mol. The van der Waals surface area contributed by atoms with Crippen molar-refractivity contribution in [2.24, 2.45) is 0 Å². The molecule has 3 aliphatic rings. The summed E-state index contributed by atoms with van der Waals surface area (Å²) < 4.78 is 17.3. The highest BCUT2D eigenvalue weighted by Gasteiger charge is 2.46. The third kappa shape index (κ3) is 5.20. The van der Waals surface area contributed by atoms with Crippen LogP contribution in [0, 0.1) is 0 Å². The van der Waals surface area contributed by atoms with Gasteiger partial charge in [0.15, 0.2) is 0 Å². The lowest BCUT2D eigenvalue weighted by Gasteiger charge is -2.31. The average molecular weight is 541 g/mol.